The van der Waals surface area contributed by atoms with E-state index in [2.05, 4.69) is 15.0 Å². The Morgan fingerprint density at radius 2 is 1.88 bits per heavy atom. The molecule has 1 amide bonds. The minimum atomic E-state index is -3.27. The van der Waals surface area contributed by atoms with Crippen molar-refractivity contribution in [2.45, 2.75) is 0 Å². The molecule has 0 bridgehead atoms. The smallest absolute Gasteiger partial charge is 0.406 e. The zero-order valence-electron chi connectivity index (χ0n) is 10.2. The minimum Gasteiger partial charge on any atom is -0.453 e. The normalized spacial score (nSPS) is 18.9. The van der Waals surface area contributed by atoms with Crippen molar-refractivity contribution in [3.8, 4) is 0 Å². The van der Waals surface area contributed by atoms with Gasteiger partial charge in [0, 0.05) is 32.7 Å². The van der Waals surface area contributed by atoms with Crippen LogP contribution in [0.4, 0.5) is 4.79 Å². The number of ether oxygens (including phenoxy) is 1. The first-order valence-electron chi connectivity index (χ1n) is 5.44. The molecular formula is C9H19N3O4S. The predicted octanol–water partition coefficient (Wildman–Crippen LogP) is -1.08. The van der Waals surface area contributed by atoms with E-state index in [1.165, 1.54) is 11.4 Å². The summed E-state index contributed by atoms with van der Waals surface area (Å²) in [5.74, 6) is -0.0915. The van der Waals surface area contributed by atoms with Gasteiger partial charge in [0.2, 0.25) is 10.0 Å². The van der Waals surface area contributed by atoms with Crippen LogP contribution in [0.5, 0.6) is 0 Å². The summed E-state index contributed by atoms with van der Waals surface area (Å²) in [7, 11) is -0.0728. The van der Waals surface area contributed by atoms with Gasteiger partial charge in [0.1, 0.15) is 0 Å². The van der Waals surface area contributed by atoms with Gasteiger partial charge in [-0.2, -0.15) is 4.31 Å². The van der Waals surface area contributed by atoms with Crippen LogP contribution in [-0.4, -0.2) is 76.4 Å². The molecule has 0 aliphatic carbocycles. The number of rotatable bonds is 4. The maximum absolute atomic E-state index is 11.9. The van der Waals surface area contributed by atoms with E-state index < -0.39 is 16.1 Å². The fourth-order valence-corrected chi connectivity index (χ4v) is 2.89. The van der Waals surface area contributed by atoms with Gasteiger partial charge in [0.15, 0.2) is 0 Å². The Hall–Kier alpha value is -0.860. The van der Waals surface area contributed by atoms with Crippen LogP contribution in [0.1, 0.15) is 0 Å². The number of nitrogens with zero attached hydrogens (tertiary/aromatic N) is 2. The molecule has 7 nitrogen and oxygen atoms in total. The van der Waals surface area contributed by atoms with Crippen molar-refractivity contribution in [3.63, 3.8) is 0 Å². The monoisotopic (exact) mass is 265 g/mol. The quantitative estimate of drug-likeness (QED) is 0.699. The Bertz CT molecular complexity index is 349. The number of nitrogens with one attached hydrogen (secondary N) is 1. The lowest BCUT2D eigenvalue weighted by Gasteiger charge is -2.31. The summed E-state index contributed by atoms with van der Waals surface area (Å²) >= 11 is 0. The van der Waals surface area contributed by atoms with E-state index in [1.54, 1.807) is 0 Å². The third kappa shape index (κ3) is 4.49. The van der Waals surface area contributed by atoms with Crippen LogP contribution in [0.2, 0.25) is 0 Å². The molecule has 0 aromatic carbocycles. The molecule has 100 valence electrons. The molecule has 0 aromatic heterocycles. The van der Waals surface area contributed by atoms with Crippen LogP contribution in [0.3, 0.4) is 0 Å². The number of methoxy groups -OCH3 is 1. The number of sulfonamides is 1. The molecular weight excluding hydrogens is 246 g/mol. The number of hydrogen-bond acceptors (Lipinski definition) is 5. The molecule has 1 N–H and O–H groups in total. The molecule has 0 radical (unpaired) electrons. The molecule has 0 spiro atoms. The maximum Gasteiger partial charge on any atom is 0.406 e. The van der Waals surface area contributed by atoms with Crippen LogP contribution < -0.4 is 5.32 Å². The van der Waals surface area contributed by atoms with Gasteiger partial charge in [-0.25, -0.2) is 13.2 Å². The van der Waals surface area contributed by atoms with Gasteiger partial charge in [-0.3, -0.25) is 0 Å². The molecule has 0 aromatic rings. The van der Waals surface area contributed by atoms with Gasteiger partial charge >= 0.3 is 6.09 Å². The van der Waals surface area contributed by atoms with Crippen molar-refractivity contribution in [1.29, 1.82) is 0 Å². The van der Waals surface area contributed by atoms with Gasteiger partial charge in [-0.15, -0.1) is 0 Å². The molecule has 1 aliphatic heterocycles. The summed E-state index contributed by atoms with van der Waals surface area (Å²) < 4.78 is 29.6. The highest BCUT2D eigenvalue weighted by molar-refractivity contribution is 7.89. The third-order valence-electron chi connectivity index (χ3n) is 2.67. The van der Waals surface area contributed by atoms with Crippen LogP contribution in [0.25, 0.3) is 0 Å². The number of amides is 1. The molecule has 1 aliphatic rings. The number of carbonyl (C=O) groups is 1. The highest BCUT2D eigenvalue weighted by Crippen LogP contribution is 2.06. The van der Waals surface area contributed by atoms with E-state index in [-0.39, 0.29) is 12.3 Å². The largest absolute Gasteiger partial charge is 0.453 e. The van der Waals surface area contributed by atoms with E-state index in [9.17, 15) is 13.2 Å². The first-order chi connectivity index (χ1) is 7.95. The number of carbonyl (C=O) groups excluding carboxylic acids is 1. The number of hydrogen-bond donors (Lipinski definition) is 1. The number of alkyl carbamates (subject to hydrolysis) is 1. The van der Waals surface area contributed by atoms with Crippen molar-refractivity contribution >= 4 is 16.1 Å². The lowest BCUT2D eigenvalue weighted by molar-refractivity contribution is 0.171. The fraction of sp³-hybridized carbons (Fsp3) is 0.889. The lowest BCUT2D eigenvalue weighted by Crippen LogP contribution is -2.48. The second-order valence-corrected chi connectivity index (χ2v) is 6.03. The third-order valence-corrected chi connectivity index (χ3v) is 4.54. The Morgan fingerprint density at radius 3 is 2.41 bits per heavy atom. The number of piperazine rings is 1. The summed E-state index contributed by atoms with van der Waals surface area (Å²) in [5, 5.41) is 2.36. The van der Waals surface area contributed by atoms with Crippen molar-refractivity contribution < 1.29 is 17.9 Å². The zero-order chi connectivity index (χ0) is 12.9. The second-order valence-electron chi connectivity index (χ2n) is 3.94. The van der Waals surface area contributed by atoms with Crippen molar-refractivity contribution in [3.05, 3.63) is 0 Å². The summed E-state index contributed by atoms with van der Waals surface area (Å²) in [4.78, 5) is 12.9. The molecule has 1 saturated heterocycles. The summed E-state index contributed by atoms with van der Waals surface area (Å²) in [5.41, 5.74) is 0. The van der Waals surface area contributed by atoms with Crippen LogP contribution >= 0.6 is 0 Å². The Kier molecular flexibility index (Phi) is 5.16. The van der Waals surface area contributed by atoms with Crippen molar-refractivity contribution in [2.24, 2.45) is 0 Å². The van der Waals surface area contributed by atoms with Gasteiger partial charge in [0.05, 0.1) is 12.9 Å². The van der Waals surface area contributed by atoms with E-state index in [0.717, 1.165) is 13.1 Å². The average molecular weight is 265 g/mol. The second kappa shape index (κ2) is 6.18. The molecule has 8 heteroatoms. The van der Waals surface area contributed by atoms with E-state index in [4.69, 9.17) is 0 Å². The Labute approximate surface area is 102 Å². The minimum absolute atomic E-state index is 0.0708. The highest BCUT2D eigenvalue weighted by Gasteiger charge is 2.25. The standard InChI is InChI=1S/C9H19N3O4S/c1-11-4-6-12(7-5-11)17(14,15)8-3-10-9(13)16-2/h3-8H2,1-2H3,(H,10,13). The lowest BCUT2D eigenvalue weighted by atomic mass is 10.4. The topological polar surface area (TPSA) is 78.9 Å². The fourth-order valence-electron chi connectivity index (χ4n) is 1.55. The first kappa shape index (κ1) is 14.2. The highest BCUT2D eigenvalue weighted by atomic mass is 32.2. The Balaban J connectivity index is 2.38. The molecule has 1 rings (SSSR count). The van der Waals surface area contributed by atoms with Crippen LogP contribution in [0.15, 0.2) is 0 Å². The molecule has 0 atom stereocenters. The SMILES string of the molecule is COC(=O)NCCS(=O)(=O)N1CCN(C)CC1. The molecule has 0 saturated carbocycles. The van der Waals surface area contributed by atoms with Crippen molar-refractivity contribution in [1.82, 2.24) is 14.5 Å². The summed E-state index contributed by atoms with van der Waals surface area (Å²) in [6.07, 6.45) is -0.612. The van der Waals surface area contributed by atoms with Gasteiger partial charge in [0.25, 0.3) is 0 Å². The average Bonchev–Trinajstić information content (AvgIpc) is 2.29. The van der Waals surface area contributed by atoms with E-state index >= 15 is 0 Å². The van der Waals surface area contributed by atoms with Crippen LogP contribution in [0, 0.1) is 0 Å². The van der Waals surface area contributed by atoms with Gasteiger partial charge in [-0.05, 0) is 7.05 Å². The van der Waals surface area contributed by atoms with E-state index in [1.807, 2.05) is 7.05 Å². The molecule has 17 heavy (non-hydrogen) atoms. The Morgan fingerprint density at radius 1 is 1.29 bits per heavy atom. The molecule has 1 fully saturated rings. The van der Waals surface area contributed by atoms with E-state index in [0.29, 0.717) is 13.1 Å². The predicted molar refractivity (Wildman–Crippen MR) is 63.3 cm³/mol. The van der Waals surface area contributed by atoms with Gasteiger partial charge < -0.3 is 15.0 Å². The zero-order valence-corrected chi connectivity index (χ0v) is 11.0. The van der Waals surface area contributed by atoms with Gasteiger partial charge in [-0.1, -0.05) is 0 Å². The maximum atomic E-state index is 11.9. The number of likely N-dealkylation sites (N-methyl/N-ethyl adjacent to an activating group) is 1. The molecule has 1 heterocycles. The molecule has 0 unspecified atom stereocenters. The van der Waals surface area contributed by atoms with Crippen LogP contribution in [-0.2, 0) is 14.8 Å². The summed E-state index contributed by atoms with van der Waals surface area (Å²) in [6, 6.07) is 0. The first-order valence-corrected chi connectivity index (χ1v) is 7.05. The van der Waals surface area contributed by atoms with Crippen molar-refractivity contribution in [2.75, 3.05) is 52.6 Å². The summed E-state index contributed by atoms with van der Waals surface area (Å²) in [6.45, 7) is 2.57.